The maximum Gasteiger partial charge on any atom is 0.255 e. The number of rotatable bonds is 10. The number of ketones is 1. The number of thioether (sulfide) groups is 1. The fraction of sp³-hybridized carbons (Fsp3) is 0.667. The molecule has 1 aromatic rings. The molecule has 1 unspecified atom stereocenters. The average molecular weight is 523 g/mol. The number of Topliss-reactive ketones (excluding diaryl/α,β-unsaturated/α-hetero) is 1. The van der Waals surface area contributed by atoms with Crippen molar-refractivity contribution in [2.24, 2.45) is 23.2 Å². The Morgan fingerprint density at radius 1 is 1.00 bits per heavy atom. The summed E-state index contributed by atoms with van der Waals surface area (Å²) < 4.78 is 0. The molecule has 2 heterocycles. The Kier molecular flexibility index (Phi) is 6.93. The summed E-state index contributed by atoms with van der Waals surface area (Å²) in [5.41, 5.74) is 2.15. The summed E-state index contributed by atoms with van der Waals surface area (Å²) >= 11 is 1.72. The van der Waals surface area contributed by atoms with Gasteiger partial charge in [0.05, 0.1) is 0 Å². The molecular formula is C30H38N2O4S. The molecule has 0 radical (unpaired) electrons. The number of carbonyl (C=O) groups is 4. The predicted molar refractivity (Wildman–Crippen MR) is 142 cm³/mol. The van der Waals surface area contributed by atoms with Crippen LogP contribution in [0.1, 0.15) is 99.4 Å². The quantitative estimate of drug-likeness (QED) is 0.257. The van der Waals surface area contributed by atoms with Crippen LogP contribution in [0.3, 0.4) is 0 Å². The van der Waals surface area contributed by atoms with Gasteiger partial charge in [-0.2, -0.15) is 0 Å². The van der Waals surface area contributed by atoms with Gasteiger partial charge in [-0.3, -0.25) is 24.5 Å². The number of piperidine rings is 1. The van der Waals surface area contributed by atoms with Crippen molar-refractivity contribution in [1.82, 2.24) is 10.2 Å². The molecule has 6 nitrogen and oxygen atoms in total. The van der Waals surface area contributed by atoms with Gasteiger partial charge in [0.2, 0.25) is 11.8 Å². The Bertz CT molecular complexity index is 1080. The second kappa shape index (κ2) is 10.2. The third-order valence-corrected chi connectivity index (χ3v) is 10.8. The highest BCUT2D eigenvalue weighted by molar-refractivity contribution is 7.99. The number of hydrogen-bond acceptors (Lipinski definition) is 5. The van der Waals surface area contributed by atoms with Crippen LogP contribution in [0.2, 0.25) is 0 Å². The monoisotopic (exact) mass is 522 g/mol. The average Bonchev–Trinajstić information content (AvgIpc) is 3.16. The van der Waals surface area contributed by atoms with Gasteiger partial charge in [0.1, 0.15) is 11.8 Å². The first-order valence-corrected chi connectivity index (χ1v) is 15.3. The molecule has 1 saturated heterocycles. The van der Waals surface area contributed by atoms with E-state index in [9.17, 15) is 19.2 Å². The number of nitrogens with one attached hydrogen (secondary N) is 1. The lowest BCUT2D eigenvalue weighted by Crippen LogP contribution is -2.52. The predicted octanol–water partition coefficient (Wildman–Crippen LogP) is 5.28. The Morgan fingerprint density at radius 2 is 1.70 bits per heavy atom. The van der Waals surface area contributed by atoms with E-state index < -0.39 is 6.04 Å². The fourth-order valence-electron chi connectivity index (χ4n) is 8.48. The van der Waals surface area contributed by atoms with Crippen LogP contribution in [0.25, 0.3) is 0 Å². The maximum atomic E-state index is 12.9. The molecular weight excluding hydrogens is 484 g/mol. The van der Waals surface area contributed by atoms with E-state index in [1.165, 1.54) is 44.9 Å². The topological polar surface area (TPSA) is 83.6 Å². The van der Waals surface area contributed by atoms with Crippen LogP contribution in [0.4, 0.5) is 0 Å². The van der Waals surface area contributed by atoms with E-state index >= 15 is 0 Å². The van der Waals surface area contributed by atoms with E-state index in [1.807, 2.05) is 18.2 Å². The molecule has 1 N–H and O–H groups in total. The molecule has 7 heteroatoms. The van der Waals surface area contributed by atoms with Crippen molar-refractivity contribution in [3.63, 3.8) is 0 Å². The molecule has 37 heavy (non-hydrogen) atoms. The Hall–Kier alpha value is -2.15. The highest BCUT2D eigenvalue weighted by Crippen LogP contribution is 2.61. The number of fused-ring (bicyclic) bond motifs is 1. The molecule has 2 aliphatic heterocycles. The van der Waals surface area contributed by atoms with Gasteiger partial charge in [-0.05, 0) is 117 Å². The van der Waals surface area contributed by atoms with Gasteiger partial charge in [0.15, 0.2) is 0 Å². The molecule has 6 aliphatic rings. The zero-order valence-corrected chi connectivity index (χ0v) is 22.5. The summed E-state index contributed by atoms with van der Waals surface area (Å²) in [6.45, 7) is 0.400. The van der Waals surface area contributed by atoms with Gasteiger partial charge in [-0.15, -0.1) is 11.8 Å². The van der Waals surface area contributed by atoms with Crippen LogP contribution < -0.4 is 5.32 Å². The lowest BCUT2D eigenvalue weighted by Gasteiger charge is -2.57. The molecule has 0 aromatic heterocycles. The van der Waals surface area contributed by atoms with E-state index in [4.69, 9.17) is 0 Å². The standard InChI is InChI=1S/C30H38N2O4S/c33-23(3-1-9-30-15-19-11-20(16-30)13-21(12-19)17-30)4-2-10-37-24-5-6-25-22(14-24)18-32(29(25)36)26-7-8-27(34)31-28(26)35/h5-6,14,19-21,26H,1-4,7-13,15-18H2,(H,31,34,35). The normalized spacial score (nSPS) is 32.1. The van der Waals surface area contributed by atoms with Crippen LogP contribution in [0, 0.1) is 23.2 Å². The van der Waals surface area contributed by atoms with Gasteiger partial charge >= 0.3 is 0 Å². The molecule has 3 amide bonds. The van der Waals surface area contributed by atoms with Crippen molar-refractivity contribution < 1.29 is 19.2 Å². The van der Waals surface area contributed by atoms with E-state index in [0.717, 1.165) is 53.2 Å². The van der Waals surface area contributed by atoms with Crippen molar-refractivity contribution >= 4 is 35.3 Å². The summed E-state index contributed by atoms with van der Waals surface area (Å²) in [5.74, 6) is 3.44. The van der Waals surface area contributed by atoms with E-state index in [0.29, 0.717) is 36.1 Å². The van der Waals surface area contributed by atoms with Crippen LogP contribution in [0.5, 0.6) is 0 Å². The summed E-state index contributed by atoms with van der Waals surface area (Å²) in [6, 6.07) is 5.27. The fourth-order valence-corrected chi connectivity index (χ4v) is 9.40. The smallest absolute Gasteiger partial charge is 0.255 e. The molecule has 198 valence electrons. The number of nitrogens with zero attached hydrogens (tertiary/aromatic N) is 1. The summed E-state index contributed by atoms with van der Waals surface area (Å²) in [4.78, 5) is 51.8. The van der Waals surface area contributed by atoms with Crippen LogP contribution >= 0.6 is 11.8 Å². The van der Waals surface area contributed by atoms with E-state index in [1.54, 1.807) is 16.7 Å². The van der Waals surface area contributed by atoms with Crippen LogP contribution in [-0.4, -0.2) is 40.2 Å². The Balaban J connectivity index is 0.923. The lowest BCUT2D eigenvalue weighted by molar-refractivity contribution is -0.137. The minimum absolute atomic E-state index is 0.139. The lowest BCUT2D eigenvalue weighted by atomic mass is 9.48. The first-order valence-electron chi connectivity index (χ1n) is 14.3. The zero-order valence-electron chi connectivity index (χ0n) is 21.6. The highest BCUT2D eigenvalue weighted by atomic mass is 32.2. The molecule has 4 saturated carbocycles. The molecule has 7 rings (SSSR count). The zero-order chi connectivity index (χ0) is 25.6. The molecule has 5 fully saturated rings. The van der Waals surface area contributed by atoms with Crippen LogP contribution in [-0.2, 0) is 20.9 Å². The van der Waals surface area contributed by atoms with E-state index in [-0.39, 0.29) is 24.1 Å². The number of hydrogen-bond donors (Lipinski definition) is 1. The van der Waals surface area contributed by atoms with Gasteiger partial charge in [-0.25, -0.2) is 0 Å². The molecule has 1 aromatic carbocycles. The molecule has 4 aliphatic carbocycles. The summed E-state index contributed by atoms with van der Waals surface area (Å²) in [7, 11) is 0. The molecule has 4 bridgehead atoms. The van der Waals surface area contributed by atoms with Crippen molar-refractivity contribution in [2.45, 2.75) is 101 Å². The van der Waals surface area contributed by atoms with Crippen molar-refractivity contribution in [2.75, 3.05) is 5.75 Å². The van der Waals surface area contributed by atoms with Crippen molar-refractivity contribution in [1.29, 1.82) is 0 Å². The number of benzene rings is 1. The highest BCUT2D eigenvalue weighted by Gasteiger charge is 2.50. The third kappa shape index (κ3) is 5.25. The summed E-state index contributed by atoms with van der Waals surface area (Å²) in [6.07, 6.45) is 14.0. The summed E-state index contributed by atoms with van der Waals surface area (Å²) in [5, 5.41) is 2.35. The van der Waals surface area contributed by atoms with Gasteiger partial charge < -0.3 is 4.90 Å². The second-order valence-corrected chi connectivity index (χ2v) is 13.6. The van der Waals surface area contributed by atoms with Crippen LogP contribution in [0.15, 0.2) is 23.1 Å². The van der Waals surface area contributed by atoms with Crippen molar-refractivity contribution in [3.8, 4) is 0 Å². The van der Waals surface area contributed by atoms with Gasteiger partial charge in [-0.1, -0.05) is 0 Å². The SMILES string of the molecule is O=C(CCCSc1ccc2c(c1)CN(C1CCC(=O)NC1=O)C2=O)CCCC12CC3CC(CC(C3)C1)C2. The first-order chi connectivity index (χ1) is 17.9. The Morgan fingerprint density at radius 3 is 2.41 bits per heavy atom. The Labute approximate surface area is 223 Å². The van der Waals surface area contributed by atoms with Gasteiger partial charge in [0.25, 0.3) is 5.91 Å². The first kappa shape index (κ1) is 25.1. The minimum Gasteiger partial charge on any atom is -0.322 e. The number of amides is 3. The number of imide groups is 1. The maximum absolute atomic E-state index is 12.9. The third-order valence-electron chi connectivity index (χ3n) is 9.69. The van der Waals surface area contributed by atoms with Crippen molar-refractivity contribution in [3.05, 3.63) is 29.3 Å². The minimum atomic E-state index is -0.581. The van der Waals surface area contributed by atoms with E-state index in [2.05, 4.69) is 5.32 Å². The van der Waals surface area contributed by atoms with Gasteiger partial charge in [0, 0.05) is 36.3 Å². The second-order valence-electron chi connectivity index (χ2n) is 12.5. The number of carbonyl (C=O) groups excluding carboxylic acids is 4. The molecule has 1 atom stereocenters. The molecule has 0 spiro atoms. The largest absolute Gasteiger partial charge is 0.322 e.